The SMILES string of the molecule is CC(C)NC(CO)CCN(C)CCc1ccccc1. The van der Waals surface area contributed by atoms with Gasteiger partial charge in [0.25, 0.3) is 0 Å². The molecule has 0 aliphatic carbocycles. The lowest BCUT2D eigenvalue weighted by Gasteiger charge is -2.23. The van der Waals surface area contributed by atoms with Crippen molar-refractivity contribution >= 4 is 0 Å². The summed E-state index contributed by atoms with van der Waals surface area (Å²) in [5.74, 6) is 0. The van der Waals surface area contributed by atoms with E-state index in [2.05, 4.69) is 61.4 Å². The Bertz CT molecular complexity index is 327. The van der Waals surface area contributed by atoms with E-state index in [1.165, 1.54) is 5.56 Å². The molecule has 0 heterocycles. The molecule has 0 saturated heterocycles. The molecule has 1 aromatic rings. The maximum Gasteiger partial charge on any atom is 0.0585 e. The largest absolute Gasteiger partial charge is 0.395 e. The summed E-state index contributed by atoms with van der Waals surface area (Å²) in [5, 5.41) is 12.7. The van der Waals surface area contributed by atoms with E-state index in [-0.39, 0.29) is 12.6 Å². The zero-order chi connectivity index (χ0) is 14.1. The minimum absolute atomic E-state index is 0.208. The van der Waals surface area contributed by atoms with Gasteiger partial charge in [0.2, 0.25) is 0 Å². The number of hydrogen-bond donors (Lipinski definition) is 2. The number of nitrogens with zero attached hydrogens (tertiary/aromatic N) is 1. The maximum atomic E-state index is 9.31. The first kappa shape index (κ1) is 16.2. The Balaban J connectivity index is 2.21. The van der Waals surface area contributed by atoms with Gasteiger partial charge in [-0.1, -0.05) is 44.2 Å². The van der Waals surface area contributed by atoms with E-state index >= 15 is 0 Å². The van der Waals surface area contributed by atoms with Crippen LogP contribution in [0.3, 0.4) is 0 Å². The fourth-order valence-corrected chi connectivity index (χ4v) is 2.15. The van der Waals surface area contributed by atoms with Crippen molar-refractivity contribution in [3.05, 3.63) is 35.9 Å². The number of likely N-dealkylation sites (N-methyl/N-ethyl adjacent to an activating group) is 1. The van der Waals surface area contributed by atoms with Crippen molar-refractivity contribution in [2.24, 2.45) is 0 Å². The van der Waals surface area contributed by atoms with Crippen LogP contribution in [-0.4, -0.2) is 48.8 Å². The molecule has 0 amide bonds. The smallest absolute Gasteiger partial charge is 0.0585 e. The van der Waals surface area contributed by atoms with Crippen molar-refractivity contribution in [3.8, 4) is 0 Å². The van der Waals surface area contributed by atoms with Gasteiger partial charge < -0.3 is 15.3 Å². The third kappa shape index (κ3) is 7.31. The summed E-state index contributed by atoms with van der Waals surface area (Å²) < 4.78 is 0. The number of aliphatic hydroxyl groups excluding tert-OH is 1. The lowest BCUT2D eigenvalue weighted by molar-refractivity contribution is 0.211. The van der Waals surface area contributed by atoms with Gasteiger partial charge >= 0.3 is 0 Å². The van der Waals surface area contributed by atoms with Gasteiger partial charge in [-0.2, -0.15) is 0 Å². The van der Waals surface area contributed by atoms with Crippen molar-refractivity contribution < 1.29 is 5.11 Å². The molecule has 0 saturated carbocycles. The lowest BCUT2D eigenvalue weighted by Crippen LogP contribution is -2.40. The third-order valence-corrected chi connectivity index (χ3v) is 3.27. The summed E-state index contributed by atoms with van der Waals surface area (Å²) in [6.45, 7) is 6.51. The maximum absolute atomic E-state index is 9.31. The molecule has 1 atom stereocenters. The quantitative estimate of drug-likeness (QED) is 0.715. The molecule has 0 fully saturated rings. The van der Waals surface area contributed by atoms with E-state index in [1.807, 2.05) is 0 Å². The molecule has 19 heavy (non-hydrogen) atoms. The number of benzene rings is 1. The average molecular weight is 264 g/mol. The van der Waals surface area contributed by atoms with E-state index in [0.717, 1.165) is 25.9 Å². The molecular formula is C16H28N2O. The van der Waals surface area contributed by atoms with Crippen LogP contribution in [0, 0.1) is 0 Å². The van der Waals surface area contributed by atoms with Crippen LogP contribution in [0.1, 0.15) is 25.8 Å². The number of rotatable bonds is 9. The van der Waals surface area contributed by atoms with E-state index < -0.39 is 0 Å². The molecule has 2 N–H and O–H groups in total. The number of hydrogen-bond acceptors (Lipinski definition) is 3. The normalized spacial score (nSPS) is 13.2. The van der Waals surface area contributed by atoms with E-state index in [1.54, 1.807) is 0 Å². The van der Waals surface area contributed by atoms with Crippen molar-refractivity contribution in [3.63, 3.8) is 0 Å². The predicted molar refractivity (Wildman–Crippen MR) is 81.4 cm³/mol. The zero-order valence-corrected chi connectivity index (χ0v) is 12.5. The molecule has 108 valence electrons. The second-order valence-electron chi connectivity index (χ2n) is 5.53. The zero-order valence-electron chi connectivity index (χ0n) is 12.5. The topological polar surface area (TPSA) is 35.5 Å². The summed E-state index contributed by atoms with van der Waals surface area (Å²) in [7, 11) is 2.15. The highest BCUT2D eigenvalue weighted by molar-refractivity contribution is 5.14. The van der Waals surface area contributed by atoms with Crippen LogP contribution >= 0.6 is 0 Å². The number of aliphatic hydroxyl groups is 1. The average Bonchev–Trinajstić information content (AvgIpc) is 2.42. The van der Waals surface area contributed by atoms with Gasteiger partial charge in [0.15, 0.2) is 0 Å². The van der Waals surface area contributed by atoms with Crippen LogP contribution < -0.4 is 5.32 Å². The highest BCUT2D eigenvalue weighted by Crippen LogP contribution is 2.02. The molecule has 0 aromatic heterocycles. The predicted octanol–water partition coefficient (Wildman–Crippen LogP) is 1.91. The monoisotopic (exact) mass is 264 g/mol. The van der Waals surface area contributed by atoms with Crippen molar-refractivity contribution in [1.82, 2.24) is 10.2 Å². The fourth-order valence-electron chi connectivity index (χ4n) is 2.15. The Morgan fingerprint density at radius 3 is 2.42 bits per heavy atom. The van der Waals surface area contributed by atoms with Gasteiger partial charge in [-0.25, -0.2) is 0 Å². The molecule has 3 heteroatoms. The van der Waals surface area contributed by atoms with Crippen LogP contribution in [0.15, 0.2) is 30.3 Å². The molecule has 0 aliphatic rings. The second-order valence-corrected chi connectivity index (χ2v) is 5.53. The Labute approximate surface area is 117 Å². The number of nitrogens with one attached hydrogen (secondary N) is 1. The van der Waals surface area contributed by atoms with Crippen LogP contribution in [-0.2, 0) is 6.42 Å². The molecule has 3 nitrogen and oxygen atoms in total. The van der Waals surface area contributed by atoms with Crippen LogP contribution in [0.4, 0.5) is 0 Å². The first-order chi connectivity index (χ1) is 9.11. The van der Waals surface area contributed by atoms with E-state index in [4.69, 9.17) is 0 Å². The fraction of sp³-hybridized carbons (Fsp3) is 0.625. The molecular weight excluding hydrogens is 236 g/mol. The van der Waals surface area contributed by atoms with Crippen LogP contribution in [0.2, 0.25) is 0 Å². The highest BCUT2D eigenvalue weighted by atomic mass is 16.3. The van der Waals surface area contributed by atoms with Gasteiger partial charge in [0.1, 0.15) is 0 Å². The standard InChI is InChI=1S/C16H28N2O/c1-14(2)17-16(13-19)10-12-18(3)11-9-15-7-5-4-6-8-15/h4-8,14,16-17,19H,9-13H2,1-3H3. The molecule has 1 rings (SSSR count). The van der Waals surface area contributed by atoms with E-state index in [9.17, 15) is 5.11 Å². The minimum Gasteiger partial charge on any atom is -0.395 e. The highest BCUT2D eigenvalue weighted by Gasteiger charge is 2.09. The second kappa shape index (κ2) is 9.08. The molecule has 1 aromatic carbocycles. The Morgan fingerprint density at radius 1 is 1.16 bits per heavy atom. The first-order valence-corrected chi connectivity index (χ1v) is 7.21. The summed E-state index contributed by atoms with van der Waals surface area (Å²) >= 11 is 0. The van der Waals surface area contributed by atoms with E-state index in [0.29, 0.717) is 6.04 Å². The van der Waals surface area contributed by atoms with Gasteiger partial charge in [-0.05, 0) is 32.0 Å². The summed E-state index contributed by atoms with van der Waals surface area (Å²) in [5.41, 5.74) is 1.38. The van der Waals surface area contributed by atoms with Gasteiger partial charge in [-0.15, -0.1) is 0 Å². The van der Waals surface area contributed by atoms with Gasteiger partial charge in [0.05, 0.1) is 6.61 Å². The van der Waals surface area contributed by atoms with Gasteiger partial charge in [0, 0.05) is 18.6 Å². The third-order valence-electron chi connectivity index (χ3n) is 3.27. The lowest BCUT2D eigenvalue weighted by atomic mass is 10.1. The summed E-state index contributed by atoms with van der Waals surface area (Å²) in [4.78, 5) is 2.33. The van der Waals surface area contributed by atoms with Crippen LogP contribution in [0.5, 0.6) is 0 Å². The van der Waals surface area contributed by atoms with Gasteiger partial charge in [-0.3, -0.25) is 0 Å². The Morgan fingerprint density at radius 2 is 1.84 bits per heavy atom. The van der Waals surface area contributed by atoms with Crippen molar-refractivity contribution in [2.75, 3.05) is 26.7 Å². The Hall–Kier alpha value is -0.900. The van der Waals surface area contributed by atoms with Crippen molar-refractivity contribution in [1.29, 1.82) is 0 Å². The van der Waals surface area contributed by atoms with Crippen molar-refractivity contribution in [2.45, 2.75) is 38.8 Å². The molecule has 0 radical (unpaired) electrons. The molecule has 0 bridgehead atoms. The van der Waals surface area contributed by atoms with Crippen LogP contribution in [0.25, 0.3) is 0 Å². The summed E-state index contributed by atoms with van der Waals surface area (Å²) in [6.07, 6.45) is 2.07. The molecule has 0 aliphatic heterocycles. The molecule has 1 unspecified atom stereocenters. The minimum atomic E-state index is 0.208. The Kier molecular flexibility index (Phi) is 7.72. The summed E-state index contributed by atoms with van der Waals surface area (Å²) in [6, 6.07) is 11.2. The molecule has 0 spiro atoms. The first-order valence-electron chi connectivity index (χ1n) is 7.21.